The second-order valence-corrected chi connectivity index (χ2v) is 7.70. The van der Waals surface area contributed by atoms with Gasteiger partial charge >= 0.3 is 12.1 Å². The van der Waals surface area contributed by atoms with Crippen molar-refractivity contribution in [1.29, 1.82) is 0 Å². The summed E-state index contributed by atoms with van der Waals surface area (Å²) in [5.74, 6) is -2.06. The summed E-state index contributed by atoms with van der Waals surface area (Å²) in [6.45, 7) is 1.85. The second-order valence-electron chi connectivity index (χ2n) is 7.70. The van der Waals surface area contributed by atoms with Crippen molar-refractivity contribution in [2.24, 2.45) is 0 Å². The molecule has 0 saturated carbocycles. The first-order valence-corrected chi connectivity index (χ1v) is 10.7. The minimum absolute atomic E-state index is 0.0651. The Hall–Kier alpha value is -3.96. The lowest BCUT2D eigenvalue weighted by Gasteiger charge is -2.21. The summed E-state index contributed by atoms with van der Waals surface area (Å²) >= 11 is 0. The number of alkyl halides is 3. The molecule has 2 heterocycles. The highest BCUT2D eigenvalue weighted by molar-refractivity contribution is 5.94. The van der Waals surface area contributed by atoms with Crippen LogP contribution in [0.5, 0.6) is 0 Å². The fraction of sp³-hybridized carbons (Fsp3) is 0.304. The number of carbonyl (C=O) groups excluding carboxylic acids is 1. The maximum absolute atomic E-state index is 14.9. The predicted octanol–water partition coefficient (Wildman–Crippen LogP) is 4.58. The number of hydrogen-bond acceptors (Lipinski definition) is 5. The highest BCUT2D eigenvalue weighted by Crippen LogP contribution is 2.30. The van der Waals surface area contributed by atoms with Gasteiger partial charge < -0.3 is 15.7 Å². The van der Waals surface area contributed by atoms with Gasteiger partial charge in [0.25, 0.3) is 5.91 Å². The first-order valence-electron chi connectivity index (χ1n) is 10.7. The van der Waals surface area contributed by atoms with Crippen LogP contribution in [0.2, 0.25) is 0 Å². The van der Waals surface area contributed by atoms with E-state index >= 15 is 0 Å². The summed E-state index contributed by atoms with van der Waals surface area (Å²) in [5, 5.41) is 17.9. The van der Waals surface area contributed by atoms with Gasteiger partial charge in [-0.2, -0.15) is 18.3 Å². The second kappa shape index (κ2) is 11.0. The molecular formula is C23H23F4N5O3. The monoisotopic (exact) mass is 493 g/mol. The molecule has 8 nitrogen and oxygen atoms in total. The fourth-order valence-electron chi connectivity index (χ4n) is 3.33. The number of anilines is 1. The predicted molar refractivity (Wildman–Crippen MR) is 119 cm³/mol. The van der Waals surface area contributed by atoms with Crippen LogP contribution in [0.25, 0.3) is 5.82 Å². The fourth-order valence-corrected chi connectivity index (χ4v) is 3.33. The van der Waals surface area contributed by atoms with Crippen LogP contribution in [-0.2, 0) is 11.0 Å². The average molecular weight is 493 g/mol. The minimum Gasteiger partial charge on any atom is -0.481 e. The van der Waals surface area contributed by atoms with Crippen LogP contribution in [0, 0.1) is 5.82 Å². The van der Waals surface area contributed by atoms with Gasteiger partial charge in [0.2, 0.25) is 0 Å². The summed E-state index contributed by atoms with van der Waals surface area (Å²) in [7, 11) is 0. The number of halogens is 4. The lowest BCUT2D eigenvalue weighted by Crippen LogP contribution is -2.26. The lowest BCUT2D eigenvalue weighted by atomic mass is 9.99. The first-order chi connectivity index (χ1) is 16.6. The molecule has 186 valence electrons. The molecule has 3 rings (SSSR count). The van der Waals surface area contributed by atoms with E-state index in [2.05, 4.69) is 20.7 Å². The van der Waals surface area contributed by atoms with E-state index in [0.29, 0.717) is 30.3 Å². The highest BCUT2D eigenvalue weighted by Gasteiger charge is 2.32. The molecule has 0 aliphatic heterocycles. The van der Waals surface area contributed by atoms with E-state index in [-0.39, 0.29) is 24.3 Å². The molecular weight excluding hydrogens is 470 g/mol. The molecule has 3 aromatic rings. The maximum Gasteiger partial charge on any atom is 0.419 e. The highest BCUT2D eigenvalue weighted by atomic mass is 19.4. The van der Waals surface area contributed by atoms with Gasteiger partial charge in [0.05, 0.1) is 36.1 Å². The number of aromatic nitrogens is 3. The van der Waals surface area contributed by atoms with Crippen LogP contribution in [-0.4, -0.2) is 38.3 Å². The zero-order valence-electron chi connectivity index (χ0n) is 18.6. The zero-order valence-corrected chi connectivity index (χ0v) is 18.6. The quantitative estimate of drug-likeness (QED) is 0.357. The number of carbonyl (C=O) groups is 2. The molecule has 0 spiro atoms. The molecule has 35 heavy (non-hydrogen) atoms. The van der Waals surface area contributed by atoms with Crippen molar-refractivity contribution in [3.05, 3.63) is 71.4 Å². The van der Waals surface area contributed by atoms with Crippen LogP contribution < -0.4 is 10.6 Å². The Bertz CT molecular complexity index is 1180. The molecule has 1 atom stereocenters. The molecule has 3 N–H and O–H groups in total. The summed E-state index contributed by atoms with van der Waals surface area (Å²) in [5.41, 5.74) is 0.0135. The Morgan fingerprint density at radius 3 is 2.51 bits per heavy atom. The molecule has 0 saturated heterocycles. The SMILES string of the molecule is CCCC(Nc1ccc(-n2cc(C(F)(F)F)cn2)nc1)c1ccc(C(=O)NCCC(=O)O)cc1F. The molecule has 1 aromatic carbocycles. The number of pyridine rings is 1. The topological polar surface area (TPSA) is 109 Å². The van der Waals surface area contributed by atoms with E-state index in [9.17, 15) is 27.2 Å². The number of carboxylic acid groups (broad SMARTS) is 1. The third-order valence-electron chi connectivity index (χ3n) is 5.07. The minimum atomic E-state index is -4.51. The van der Waals surface area contributed by atoms with Crippen molar-refractivity contribution < 1.29 is 32.3 Å². The van der Waals surface area contributed by atoms with Crippen LogP contribution in [0.1, 0.15) is 53.7 Å². The van der Waals surface area contributed by atoms with Gasteiger partial charge in [-0.15, -0.1) is 0 Å². The van der Waals surface area contributed by atoms with Crippen molar-refractivity contribution in [1.82, 2.24) is 20.1 Å². The Labute approximate surface area is 198 Å². The molecule has 1 amide bonds. The average Bonchev–Trinajstić information content (AvgIpc) is 3.30. The Morgan fingerprint density at radius 1 is 1.17 bits per heavy atom. The number of nitrogens with one attached hydrogen (secondary N) is 2. The summed E-state index contributed by atoms with van der Waals surface area (Å²) in [4.78, 5) is 26.8. The van der Waals surface area contributed by atoms with E-state index in [4.69, 9.17) is 5.11 Å². The van der Waals surface area contributed by atoms with Crippen LogP contribution in [0.15, 0.2) is 48.9 Å². The molecule has 0 aliphatic rings. The molecule has 1 unspecified atom stereocenters. The van der Waals surface area contributed by atoms with Gasteiger partial charge in [-0.05, 0) is 30.7 Å². The van der Waals surface area contributed by atoms with Gasteiger partial charge in [-0.25, -0.2) is 14.1 Å². The normalized spacial score (nSPS) is 12.3. The molecule has 2 aromatic heterocycles. The number of rotatable bonds is 10. The maximum atomic E-state index is 14.9. The number of hydrogen-bond donors (Lipinski definition) is 3. The van der Waals surface area contributed by atoms with Crippen molar-refractivity contribution >= 4 is 17.6 Å². The van der Waals surface area contributed by atoms with Gasteiger partial charge in [0.15, 0.2) is 5.82 Å². The Balaban J connectivity index is 1.72. The molecule has 0 radical (unpaired) electrons. The van der Waals surface area contributed by atoms with E-state index in [1.54, 1.807) is 6.07 Å². The third-order valence-corrected chi connectivity index (χ3v) is 5.07. The number of carboxylic acids is 1. The van der Waals surface area contributed by atoms with E-state index < -0.39 is 35.5 Å². The van der Waals surface area contributed by atoms with Crippen molar-refractivity contribution in [2.45, 2.75) is 38.4 Å². The van der Waals surface area contributed by atoms with Gasteiger partial charge in [-0.1, -0.05) is 19.4 Å². The van der Waals surface area contributed by atoms with Crippen LogP contribution in [0.3, 0.4) is 0 Å². The number of nitrogens with zero attached hydrogens (tertiary/aromatic N) is 3. The molecule has 0 aliphatic carbocycles. The number of aliphatic carboxylic acids is 1. The Kier molecular flexibility index (Phi) is 8.05. The molecule has 0 bridgehead atoms. The number of benzene rings is 1. The van der Waals surface area contributed by atoms with Crippen molar-refractivity contribution in [3.63, 3.8) is 0 Å². The van der Waals surface area contributed by atoms with Crippen LogP contribution >= 0.6 is 0 Å². The van der Waals surface area contributed by atoms with Gasteiger partial charge in [0, 0.05) is 23.9 Å². The number of amides is 1. The zero-order chi connectivity index (χ0) is 25.6. The van der Waals surface area contributed by atoms with E-state index in [0.717, 1.165) is 16.9 Å². The molecule has 12 heteroatoms. The van der Waals surface area contributed by atoms with E-state index in [1.165, 1.54) is 24.4 Å². The Morgan fingerprint density at radius 2 is 1.94 bits per heavy atom. The third kappa shape index (κ3) is 6.78. The van der Waals surface area contributed by atoms with E-state index in [1.807, 2.05) is 6.92 Å². The van der Waals surface area contributed by atoms with Gasteiger partial charge in [0.1, 0.15) is 5.82 Å². The standard InChI is InChI=1S/C23H23F4N5O3/c1-2-3-19(17-6-4-14(10-18(17)24)22(35)28-9-8-21(33)34)31-16-5-7-20(29-12-16)32-13-15(11-30-32)23(25,26)27/h4-7,10-13,19,31H,2-3,8-9H2,1H3,(H,28,35)(H,33,34). The lowest BCUT2D eigenvalue weighted by molar-refractivity contribution is -0.138. The van der Waals surface area contributed by atoms with Crippen LogP contribution in [0.4, 0.5) is 23.2 Å². The molecule has 0 fully saturated rings. The first kappa shape index (κ1) is 25.7. The largest absolute Gasteiger partial charge is 0.481 e. The van der Waals surface area contributed by atoms with Crippen molar-refractivity contribution in [2.75, 3.05) is 11.9 Å². The van der Waals surface area contributed by atoms with Crippen molar-refractivity contribution in [3.8, 4) is 5.82 Å². The summed E-state index contributed by atoms with van der Waals surface area (Å²) < 4.78 is 54.3. The smallest absolute Gasteiger partial charge is 0.419 e. The summed E-state index contributed by atoms with van der Waals surface area (Å²) in [6.07, 6.45) is -0.523. The van der Waals surface area contributed by atoms with Gasteiger partial charge in [-0.3, -0.25) is 9.59 Å². The summed E-state index contributed by atoms with van der Waals surface area (Å²) in [6, 6.07) is 6.65.